The lowest BCUT2D eigenvalue weighted by Gasteiger charge is -2.25. The fourth-order valence-corrected chi connectivity index (χ4v) is 1.40. The van der Waals surface area contributed by atoms with Crippen LogP contribution in [0.25, 0.3) is 0 Å². The maximum atomic E-state index is 11.4. The molecule has 3 N–H and O–H groups in total. The molecule has 0 aliphatic heterocycles. The number of nitrogens with one attached hydrogen (secondary N) is 2. The van der Waals surface area contributed by atoms with Gasteiger partial charge in [-0.2, -0.15) is 0 Å². The third kappa shape index (κ3) is 6.23. The van der Waals surface area contributed by atoms with E-state index in [-0.39, 0.29) is 12.5 Å². The van der Waals surface area contributed by atoms with Crippen molar-refractivity contribution >= 4 is 11.9 Å². The van der Waals surface area contributed by atoms with Gasteiger partial charge in [-0.15, -0.1) is 0 Å². The Bertz CT molecular complexity index is 258. The van der Waals surface area contributed by atoms with Gasteiger partial charge in [-0.25, -0.2) is 0 Å². The molecule has 0 aliphatic rings. The van der Waals surface area contributed by atoms with E-state index in [0.717, 1.165) is 6.42 Å². The molecule has 17 heavy (non-hydrogen) atoms. The van der Waals surface area contributed by atoms with Crippen LogP contribution in [0.2, 0.25) is 0 Å². The first-order valence-corrected chi connectivity index (χ1v) is 5.70. The predicted molar refractivity (Wildman–Crippen MR) is 63.8 cm³/mol. The van der Waals surface area contributed by atoms with E-state index in [4.69, 9.17) is 9.84 Å². The van der Waals surface area contributed by atoms with Gasteiger partial charge < -0.3 is 15.2 Å². The molecule has 1 atom stereocenters. The Morgan fingerprint density at radius 3 is 2.53 bits per heavy atom. The Morgan fingerprint density at radius 1 is 1.41 bits per heavy atom. The van der Waals surface area contributed by atoms with Crippen LogP contribution >= 0.6 is 0 Å². The number of carbonyl (C=O) groups is 2. The summed E-state index contributed by atoms with van der Waals surface area (Å²) in [5.74, 6) is -1.17. The van der Waals surface area contributed by atoms with Crippen LogP contribution in [0.15, 0.2) is 0 Å². The molecule has 0 spiro atoms. The zero-order chi connectivity index (χ0) is 13.3. The predicted octanol–water partition coefficient (Wildman–Crippen LogP) is -0.0180. The van der Waals surface area contributed by atoms with Crippen LogP contribution in [0.4, 0.5) is 0 Å². The average molecular weight is 246 g/mol. The second-order valence-corrected chi connectivity index (χ2v) is 4.08. The van der Waals surface area contributed by atoms with Crippen molar-refractivity contribution in [1.29, 1.82) is 0 Å². The van der Waals surface area contributed by atoms with Crippen molar-refractivity contribution in [3.63, 3.8) is 0 Å². The molecule has 6 nitrogen and oxygen atoms in total. The molecule has 0 aromatic heterocycles. The molecular weight excluding hydrogens is 224 g/mol. The van der Waals surface area contributed by atoms with Crippen molar-refractivity contribution in [2.75, 3.05) is 26.8 Å². The molecule has 0 radical (unpaired) electrons. The van der Waals surface area contributed by atoms with Gasteiger partial charge >= 0.3 is 5.97 Å². The maximum absolute atomic E-state index is 11.4. The minimum absolute atomic E-state index is 0.00743. The summed E-state index contributed by atoms with van der Waals surface area (Å²) in [6.07, 6.45) is 1.22. The summed E-state index contributed by atoms with van der Waals surface area (Å²) in [6, 6.07) is 0. The molecule has 6 heteroatoms. The smallest absolute Gasteiger partial charge is 0.323 e. The molecule has 0 saturated heterocycles. The molecule has 0 bridgehead atoms. The number of aliphatic carboxylic acids is 1. The van der Waals surface area contributed by atoms with Crippen molar-refractivity contribution in [3.8, 4) is 0 Å². The SMILES string of the molecule is CCCC(C)(NCC(=O)NCCOC)C(=O)O. The summed E-state index contributed by atoms with van der Waals surface area (Å²) in [5, 5.41) is 14.5. The minimum Gasteiger partial charge on any atom is -0.480 e. The lowest BCUT2D eigenvalue weighted by Crippen LogP contribution is -2.52. The van der Waals surface area contributed by atoms with Gasteiger partial charge in [-0.05, 0) is 13.3 Å². The quantitative estimate of drug-likeness (QED) is 0.498. The zero-order valence-corrected chi connectivity index (χ0v) is 10.7. The van der Waals surface area contributed by atoms with Crippen LogP contribution < -0.4 is 10.6 Å². The second-order valence-electron chi connectivity index (χ2n) is 4.08. The van der Waals surface area contributed by atoms with Gasteiger partial charge in [0.15, 0.2) is 0 Å². The highest BCUT2D eigenvalue weighted by Gasteiger charge is 2.31. The van der Waals surface area contributed by atoms with E-state index < -0.39 is 11.5 Å². The van der Waals surface area contributed by atoms with Crippen LogP contribution in [0, 0.1) is 0 Å². The number of ether oxygens (including phenoxy) is 1. The van der Waals surface area contributed by atoms with E-state index >= 15 is 0 Å². The van der Waals surface area contributed by atoms with Crippen molar-refractivity contribution in [3.05, 3.63) is 0 Å². The fourth-order valence-electron chi connectivity index (χ4n) is 1.40. The largest absolute Gasteiger partial charge is 0.480 e. The van der Waals surface area contributed by atoms with Crippen LogP contribution in [-0.2, 0) is 14.3 Å². The fraction of sp³-hybridized carbons (Fsp3) is 0.818. The van der Waals surface area contributed by atoms with Gasteiger partial charge in [0.25, 0.3) is 0 Å². The topological polar surface area (TPSA) is 87.7 Å². The van der Waals surface area contributed by atoms with Gasteiger partial charge in [0.1, 0.15) is 5.54 Å². The first-order chi connectivity index (χ1) is 7.96. The lowest BCUT2D eigenvalue weighted by molar-refractivity contribution is -0.144. The Hall–Kier alpha value is -1.14. The third-order valence-corrected chi connectivity index (χ3v) is 2.49. The van der Waals surface area contributed by atoms with Crippen LogP contribution in [-0.4, -0.2) is 49.3 Å². The van der Waals surface area contributed by atoms with E-state index in [1.54, 1.807) is 14.0 Å². The van der Waals surface area contributed by atoms with Crippen molar-refractivity contribution in [2.45, 2.75) is 32.2 Å². The van der Waals surface area contributed by atoms with E-state index in [2.05, 4.69) is 10.6 Å². The molecule has 0 saturated carbocycles. The highest BCUT2D eigenvalue weighted by molar-refractivity contribution is 5.81. The molecule has 1 amide bonds. The molecule has 100 valence electrons. The average Bonchev–Trinajstić information content (AvgIpc) is 2.27. The van der Waals surface area contributed by atoms with E-state index in [1.807, 2.05) is 6.92 Å². The third-order valence-electron chi connectivity index (χ3n) is 2.49. The first kappa shape index (κ1) is 15.9. The van der Waals surface area contributed by atoms with E-state index in [9.17, 15) is 9.59 Å². The Balaban J connectivity index is 4.04. The van der Waals surface area contributed by atoms with Crippen LogP contribution in [0.5, 0.6) is 0 Å². The van der Waals surface area contributed by atoms with Gasteiger partial charge in [0, 0.05) is 13.7 Å². The Labute approximate surface area is 102 Å². The van der Waals surface area contributed by atoms with Gasteiger partial charge in [-0.1, -0.05) is 13.3 Å². The lowest BCUT2D eigenvalue weighted by atomic mass is 9.96. The molecular formula is C11H22N2O4. The Kier molecular flexibility index (Phi) is 7.49. The number of carboxylic acid groups (broad SMARTS) is 1. The number of hydrogen-bond acceptors (Lipinski definition) is 4. The number of carbonyl (C=O) groups excluding carboxylic acids is 1. The number of methoxy groups -OCH3 is 1. The van der Waals surface area contributed by atoms with Gasteiger partial charge in [0.2, 0.25) is 5.91 Å². The van der Waals surface area contributed by atoms with Gasteiger partial charge in [-0.3, -0.25) is 14.9 Å². The van der Waals surface area contributed by atoms with Crippen LogP contribution in [0.3, 0.4) is 0 Å². The summed E-state index contributed by atoms with van der Waals surface area (Å²) in [5.41, 5.74) is -1.05. The summed E-state index contributed by atoms with van der Waals surface area (Å²) >= 11 is 0. The first-order valence-electron chi connectivity index (χ1n) is 5.70. The molecule has 0 aromatic carbocycles. The number of rotatable bonds is 9. The van der Waals surface area contributed by atoms with Crippen molar-refractivity contribution < 1.29 is 19.4 Å². The standard InChI is InChI=1S/C11H22N2O4/c1-4-5-11(2,10(15)16)13-8-9(14)12-6-7-17-3/h13H,4-8H2,1-3H3,(H,12,14)(H,15,16). The zero-order valence-electron chi connectivity index (χ0n) is 10.7. The monoisotopic (exact) mass is 246 g/mol. The highest BCUT2D eigenvalue weighted by Crippen LogP contribution is 2.11. The minimum atomic E-state index is -1.05. The van der Waals surface area contributed by atoms with Crippen LogP contribution in [0.1, 0.15) is 26.7 Å². The summed E-state index contributed by atoms with van der Waals surface area (Å²) < 4.78 is 4.79. The molecule has 0 fully saturated rings. The number of amides is 1. The molecule has 0 aromatic rings. The van der Waals surface area contributed by atoms with Crippen molar-refractivity contribution in [2.24, 2.45) is 0 Å². The van der Waals surface area contributed by atoms with Crippen molar-refractivity contribution in [1.82, 2.24) is 10.6 Å². The molecule has 0 aliphatic carbocycles. The normalized spacial score (nSPS) is 14.1. The molecule has 1 unspecified atom stereocenters. The summed E-state index contributed by atoms with van der Waals surface area (Å²) in [4.78, 5) is 22.4. The maximum Gasteiger partial charge on any atom is 0.323 e. The molecule has 0 rings (SSSR count). The number of carboxylic acids is 1. The number of hydrogen-bond donors (Lipinski definition) is 3. The highest BCUT2D eigenvalue weighted by atomic mass is 16.5. The van der Waals surface area contributed by atoms with E-state index in [1.165, 1.54) is 0 Å². The Morgan fingerprint density at radius 2 is 2.06 bits per heavy atom. The van der Waals surface area contributed by atoms with Gasteiger partial charge in [0.05, 0.1) is 13.2 Å². The summed E-state index contributed by atoms with van der Waals surface area (Å²) in [7, 11) is 1.55. The second kappa shape index (κ2) is 8.03. The molecule has 0 heterocycles. The van der Waals surface area contributed by atoms with E-state index in [0.29, 0.717) is 19.6 Å². The summed E-state index contributed by atoms with van der Waals surface area (Å²) in [6.45, 7) is 4.35.